The van der Waals surface area contributed by atoms with Crippen LogP contribution in [0.15, 0.2) is 42.5 Å². The number of nitrogens with two attached hydrogens (primary N) is 1. The molecule has 0 spiro atoms. The topological polar surface area (TPSA) is 47.3 Å². The van der Waals surface area contributed by atoms with Crippen LogP contribution >= 0.6 is 0 Å². The zero-order chi connectivity index (χ0) is 14.8. The van der Waals surface area contributed by atoms with Gasteiger partial charge in [-0.05, 0) is 36.6 Å². The fraction of sp³-hybridized carbons (Fsp3) is 0.250. The highest BCUT2D eigenvalue weighted by Gasteiger charge is 2.24. The lowest BCUT2D eigenvalue weighted by Crippen LogP contribution is -2.29. The van der Waals surface area contributed by atoms with Gasteiger partial charge in [-0.15, -0.1) is 0 Å². The summed E-state index contributed by atoms with van der Waals surface area (Å²) < 4.78 is 32.9. The van der Waals surface area contributed by atoms with Crippen LogP contribution in [0.5, 0.6) is 5.75 Å². The van der Waals surface area contributed by atoms with E-state index in [0.29, 0.717) is 6.10 Å². The van der Waals surface area contributed by atoms with E-state index in [1.807, 2.05) is 12.1 Å². The third kappa shape index (κ3) is 3.04. The number of benzene rings is 2. The number of ether oxygens (including phenoxy) is 1. The van der Waals surface area contributed by atoms with Crippen LogP contribution in [0.2, 0.25) is 0 Å². The summed E-state index contributed by atoms with van der Waals surface area (Å²) >= 11 is 0. The van der Waals surface area contributed by atoms with E-state index >= 15 is 0 Å². The minimum Gasteiger partial charge on any atom is -0.490 e. The summed E-state index contributed by atoms with van der Waals surface area (Å²) in [5, 5.41) is 0. The van der Waals surface area contributed by atoms with Gasteiger partial charge in [0.15, 0.2) is 11.6 Å². The van der Waals surface area contributed by atoms with Crippen molar-refractivity contribution >= 4 is 0 Å². The van der Waals surface area contributed by atoms with Crippen molar-refractivity contribution in [2.45, 2.75) is 25.0 Å². The maximum Gasteiger partial charge on any atom is 0.163 e. The van der Waals surface area contributed by atoms with Crippen LogP contribution in [-0.4, -0.2) is 6.10 Å². The molecular formula is C16H16F2N2O. The van der Waals surface area contributed by atoms with Gasteiger partial charge in [-0.3, -0.25) is 5.84 Å². The maximum atomic E-state index is 13.9. The van der Waals surface area contributed by atoms with Gasteiger partial charge >= 0.3 is 0 Å². The van der Waals surface area contributed by atoms with E-state index in [9.17, 15) is 8.78 Å². The monoisotopic (exact) mass is 290 g/mol. The second-order valence-corrected chi connectivity index (χ2v) is 5.13. The van der Waals surface area contributed by atoms with Gasteiger partial charge in [0.1, 0.15) is 5.75 Å². The smallest absolute Gasteiger partial charge is 0.163 e. The van der Waals surface area contributed by atoms with Crippen LogP contribution in [0.25, 0.3) is 0 Å². The Balaban J connectivity index is 1.86. The molecule has 3 nitrogen and oxygen atoms in total. The average molecular weight is 290 g/mol. The Hall–Kier alpha value is -1.98. The maximum absolute atomic E-state index is 13.9. The van der Waals surface area contributed by atoms with E-state index in [-0.39, 0.29) is 5.56 Å². The first kappa shape index (κ1) is 14.0. The third-order valence-corrected chi connectivity index (χ3v) is 3.50. The summed E-state index contributed by atoms with van der Waals surface area (Å²) in [7, 11) is 0. The Morgan fingerprint density at radius 1 is 1.10 bits per heavy atom. The molecule has 5 heteroatoms. The van der Waals surface area contributed by atoms with Crippen LogP contribution in [0, 0.1) is 11.6 Å². The van der Waals surface area contributed by atoms with E-state index in [1.165, 1.54) is 12.1 Å². The molecule has 3 rings (SSSR count). The number of hydrogen-bond acceptors (Lipinski definition) is 3. The third-order valence-electron chi connectivity index (χ3n) is 3.50. The van der Waals surface area contributed by atoms with Crippen molar-refractivity contribution in [1.29, 1.82) is 0 Å². The molecule has 1 aliphatic carbocycles. The summed E-state index contributed by atoms with van der Waals surface area (Å²) in [6, 6.07) is 10.7. The summed E-state index contributed by atoms with van der Waals surface area (Å²) in [6.45, 7) is 0. The van der Waals surface area contributed by atoms with Crippen LogP contribution in [0.4, 0.5) is 8.78 Å². The molecule has 0 heterocycles. The van der Waals surface area contributed by atoms with Gasteiger partial charge in [0.25, 0.3) is 0 Å². The minimum atomic E-state index is -0.890. The predicted octanol–water partition coefficient (Wildman–Crippen LogP) is 3.06. The van der Waals surface area contributed by atoms with E-state index in [2.05, 4.69) is 5.43 Å². The SMILES string of the molecule is NNC(c1ccc(OC2CC2)cc1)c1cccc(F)c1F. The molecule has 1 fully saturated rings. The standard InChI is InChI=1S/C16H16F2N2O/c17-14-3-1-2-13(15(14)18)16(20-19)10-4-6-11(7-5-10)21-12-8-9-12/h1-7,12,16,20H,8-9,19H2. The van der Waals surface area contributed by atoms with Crippen LogP contribution in [0.3, 0.4) is 0 Å². The Morgan fingerprint density at radius 3 is 2.43 bits per heavy atom. The molecule has 110 valence electrons. The average Bonchev–Trinajstić information content (AvgIpc) is 3.30. The first-order valence-electron chi connectivity index (χ1n) is 6.85. The van der Waals surface area contributed by atoms with Crippen molar-refractivity contribution in [3.05, 3.63) is 65.2 Å². The number of nitrogens with one attached hydrogen (secondary N) is 1. The summed E-state index contributed by atoms with van der Waals surface area (Å²) in [5.74, 6) is 4.51. The molecule has 0 saturated heterocycles. The number of hydrazine groups is 1. The summed E-state index contributed by atoms with van der Waals surface area (Å²) in [4.78, 5) is 0. The zero-order valence-electron chi connectivity index (χ0n) is 11.4. The van der Waals surface area contributed by atoms with Crippen molar-refractivity contribution < 1.29 is 13.5 Å². The molecule has 0 radical (unpaired) electrons. The van der Waals surface area contributed by atoms with Gasteiger partial charge in [-0.2, -0.15) is 0 Å². The Morgan fingerprint density at radius 2 is 1.81 bits per heavy atom. The van der Waals surface area contributed by atoms with Gasteiger partial charge in [-0.25, -0.2) is 14.2 Å². The fourth-order valence-corrected chi connectivity index (χ4v) is 2.23. The van der Waals surface area contributed by atoms with E-state index in [4.69, 9.17) is 10.6 Å². The predicted molar refractivity (Wildman–Crippen MR) is 75.6 cm³/mol. The number of halogens is 2. The van der Waals surface area contributed by atoms with Crippen molar-refractivity contribution in [2.24, 2.45) is 5.84 Å². The molecule has 0 aliphatic heterocycles. The fourth-order valence-electron chi connectivity index (χ4n) is 2.23. The van der Waals surface area contributed by atoms with Gasteiger partial charge in [0.05, 0.1) is 12.1 Å². The molecule has 1 aliphatic rings. The van der Waals surface area contributed by atoms with Crippen molar-refractivity contribution in [3.8, 4) is 5.75 Å². The lowest BCUT2D eigenvalue weighted by molar-refractivity contribution is 0.303. The molecular weight excluding hydrogens is 274 g/mol. The second kappa shape index (κ2) is 5.79. The van der Waals surface area contributed by atoms with Crippen molar-refractivity contribution in [2.75, 3.05) is 0 Å². The normalized spacial score (nSPS) is 15.8. The zero-order valence-corrected chi connectivity index (χ0v) is 11.4. The minimum absolute atomic E-state index is 0.174. The molecule has 21 heavy (non-hydrogen) atoms. The molecule has 2 aromatic carbocycles. The summed E-state index contributed by atoms with van der Waals surface area (Å²) in [5.41, 5.74) is 3.44. The van der Waals surface area contributed by atoms with Crippen molar-refractivity contribution in [1.82, 2.24) is 5.43 Å². The van der Waals surface area contributed by atoms with E-state index in [1.54, 1.807) is 12.1 Å². The van der Waals surface area contributed by atoms with Crippen LogP contribution in [0.1, 0.15) is 30.0 Å². The van der Waals surface area contributed by atoms with E-state index < -0.39 is 17.7 Å². The number of hydrogen-bond donors (Lipinski definition) is 2. The lowest BCUT2D eigenvalue weighted by Gasteiger charge is -2.18. The molecule has 0 aromatic heterocycles. The van der Waals surface area contributed by atoms with E-state index in [0.717, 1.165) is 30.2 Å². The molecule has 1 atom stereocenters. The highest BCUT2D eigenvalue weighted by atomic mass is 19.2. The Labute approximate surface area is 121 Å². The lowest BCUT2D eigenvalue weighted by atomic mass is 9.98. The largest absolute Gasteiger partial charge is 0.490 e. The first-order chi connectivity index (χ1) is 10.2. The van der Waals surface area contributed by atoms with Crippen molar-refractivity contribution in [3.63, 3.8) is 0 Å². The number of rotatable bonds is 5. The van der Waals surface area contributed by atoms with Crippen LogP contribution < -0.4 is 16.0 Å². The van der Waals surface area contributed by atoms with Gasteiger partial charge in [-0.1, -0.05) is 24.3 Å². The molecule has 1 unspecified atom stereocenters. The summed E-state index contributed by atoms with van der Waals surface area (Å²) in [6.07, 6.45) is 2.49. The van der Waals surface area contributed by atoms with Crippen LogP contribution in [-0.2, 0) is 0 Å². The molecule has 0 bridgehead atoms. The Bertz CT molecular complexity index is 627. The molecule has 2 aromatic rings. The highest BCUT2D eigenvalue weighted by molar-refractivity contribution is 5.36. The molecule has 3 N–H and O–H groups in total. The van der Waals surface area contributed by atoms with Gasteiger partial charge in [0.2, 0.25) is 0 Å². The molecule has 1 saturated carbocycles. The van der Waals surface area contributed by atoms with Gasteiger partial charge in [0, 0.05) is 5.56 Å². The Kier molecular flexibility index (Phi) is 3.86. The van der Waals surface area contributed by atoms with Gasteiger partial charge < -0.3 is 4.74 Å². The second-order valence-electron chi connectivity index (χ2n) is 5.13. The first-order valence-corrected chi connectivity index (χ1v) is 6.85. The highest BCUT2D eigenvalue weighted by Crippen LogP contribution is 2.29. The quantitative estimate of drug-likeness (QED) is 0.657. The molecule has 0 amide bonds.